The number of carbonyl (C=O) groups is 1. The van der Waals surface area contributed by atoms with Gasteiger partial charge in [-0.3, -0.25) is 10.2 Å². The van der Waals surface area contributed by atoms with Gasteiger partial charge in [0.15, 0.2) is 0 Å². The van der Waals surface area contributed by atoms with E-state index >= 15 is 0 Å². The second kappa shape index (κ2) is 8.49. The molecule has 8 heteroatoms. The van der Waals surface area contributed by atoms with E-state index in [-0.39, 0.29) is 16.9 Å². The number of nitrogens with one attached hydrogen (secondary N) is 2. The molecule has 1 aromatic heterocycles. The first kappa shape index (κ1) is 19.8. The van der Waals surface area contributed by atoms with E-state index in [9.17, 15) is 9.90 Å². The van der Waals surface area contributed by atoms with Gasteiger partial charge >= 0.3 is 0 Å². The highest BCUT2D eigenvalue weighted by Crippen LogP contribution is 2.23. The van der Waals surface area contributed by atoms with Crippen LogP contribution in [0.5, 0.6) is 5.75 Å². The maximum Gasteiger partial charge on any atom is 0.261 e. The Hall–Kier alpha value is -3.48. The summed E-state index contributed by atoms with van der Waals surface area (Å²) in [4.78, 5) is 13.0. The number of carbonyl (C=O) groups excluding carboxylic acids is 1. The molecule has 0 saturated heterocycles. The Bertz CT molecular complexity index is 1300. The number of anilines is 2. The highest BCUT2D eigenvalue weighted by Gasteiger charge is 2.14. The van der Waals surface area contributed by atoms with Crippen LogP contribution in [0.15, 0.2) is 82.3 Å². The van der Waals surface area contributed by atoms with Gasteiger partial charge in [-0.2, -0.15) is 0 Å². The van der Waals surface area contributed by atoms with Crippen molar-refractivity contribution in [2.24, 2.45) is 5.10 Å². The van der Waals surface area contributed by atoms with Gasteiger partial charge in [0.05, 0.1) is 16.4 Å². The van der Waals surface area contributed by atoms with Gasteiger partial charge in [-0.1, -0.05) is 35.3 Å². The molecule has 150 valence electrons. The molecule has 4 aromatic rings. The number of amides is 1. The topological polar surface area (TPSA) is 86.9 Å². The molecule has 0 radical (unpaired) electrons. The fourth-order valence-corrected chi connectivity index (χ4v) is 3.05. The molecule has 0 atom stereocenters. The van der Waals surface area contributed by atoms with Crippen LogP contribution in [-0.4, -0.2) is 11.0 Å². The van der Waals surface area contributed by atoms with Crippen LogP contribution in [0.2, 0.25) is 10.0 Å². The maximum atomic E-state index is 13.0. The number of hydrogen-bond donors (Lipinski definition) is 3. The van der Waals surface area contributed by atoms with Crippen molar-refractivity contribution in [1.29, 1.82) is 0 Å². The number of fused-ring (bicyclic) bond motifs is 1. The fraction of sp³-hybridized carbons (Fsp3) is 0. The molecule has 0 aliphatic rings. The summed E-state index contributed by atoms with van der Waals surface area (Å²) in [5.41, 5.74) is 4.56. The highest BCUT2D eigenvalue weighted by atomic mass is 35.5. The van der Waals surface area contributed by atoms with Gasteiger partial charge in [-0.05, 0) is 54.6 Å². The van der Waals surface area contributed by atoms with Crippen LogP contribution in [0, 0.1) is 0 Å². The third-order valence-corrected chi connectivity index (χ3v) is 4.81. The number of phenolic OH excluding ortho intramolecular Hbond substituents is 1. The first-order chi connectivity index (χ1) is 14.5. The van der Waals surface area contributed by atoms with Gasteiger partial charge in [-0.15, -0.1) is 5.10 Å². The molecule has 0 bridgehead atoms. The zero-order valence-electron chi connectivity index (χ0n) is 15.4. The molecule has 0 aliphatic carbocycles. The quantitative estimate of drug-likeness (QED) is 0.359. The SMILES string of the molecule is O=C(Nc1ccccc1Cl)c1cc2ccc(O)cc2oc1=NNc1ccc(Cl)cc1. The third-order valence-electron chi connectivity index (χ3n) is 4.23. The van der Waals surface area contributed by atoms with E-state index in [0.29, 0.717) is 32.4 Å². The standard InChI is InChI=1S/C22H15Cl2N3O3/c23-14-6-8-15(9-7-14)26-27-22-17(11-13-5-10-16(28)12-20(13)30-22)21(29)25-19-4-2-1-3-18(19)24/h1-12,26,28H,(H,25,29). The fourth-order valence-electron chi connectivity index (χ4n) is 2.74. The molecule has 0 fully saturated rings. The highest BCUT2D eigenvalue weighted by molar-refractivity contribution is 6.34. The smallest absolute Gasteiger partial charge is 0.261 e. The van der Waals surface area contributed by atoms with Gasteiger partial charge in [0.1, 0.15) is 16.9 Å². The molecule has 30 heavy (non-hydrogen) atoms. The van der Waals surface area contributed by atoms with Gasteiger partial charge in [0.25, 0.3) is 5.91 Å². The van der Waals surface area contributed by atoms with Crippen molar-refractivity contribution in [2.75, 3.05) is 10.7 Å². The zero-order chi connectivity index (χ0) is 21.1. The number of aromatic hydroxyl groups is 1. The van der Waals surface area contributed by atoms with E-state index in [0.717, 1.165) is 0 Å². The van der Waals surface area contributed by atoms with E-state index in [1.54, 1.807) is 60.7 Å². The summed E-state index contributed by atoms with van der Waals surface area (Å²) in [6.07, 6.45) is 0. The Labute approximate surface area is 181 Å². The van der Waals surface area contributed by atoms with Crippen LogP contribution in [0.25, 0.3) is 11.0 Å². The summed E-state index contributed by atoms with van der Waals surface area (Å²) < 4.78 is 5.80. The lowest BCUT2D eigenvalue weighted by Gasteiger charge is -2.08. The minimum atomic E-state index is -0.446. The van der Waals surface area contributed by atoms with E-state index in [1.165, 1.54) is 12.1 Å². The molecule has 0 aliphatic heterocycles. The van der Waals surface area contributed by atoms with Crippen molar-refractivity contribution in [1.82, 2.24) is 0 Å². The predicted octanol–water partition coefficient (Wildman–Crippen LogP) is 5.63. The average molecular weight is 440 g/mol. The lowest BCUT2D eigenvalue weighted by Crippen LogP contribution is -2.22. The summed E-state index contributed by atoms with van der Waals surface area (Å²) in [7, 11) is 0. The van der Waals surface area contributed by atoms with Gasteiger partial charge in [0, 0.05) is 16.5 Å². The second-order valence-corrected chi connectivity index (χ2v) is 7.20. The number of phenols is 1. The molecule has 3 aromatic carbocycles. The third kappa shape index (κ3) is 4.40. The number of rotatable bonds is 4. The van der Waals surface area contributed by atoms with E-state index < -0.39 is 5.91 Å². The Morgan fingerprint density at radius 2 is 1.73 bits per heavy atom. The summed E-state index contributed by atoms with van der Waals surface area (Å²) in [5.74, 6) is -0.408. The first-order valence-corrected chi connectivity index (χ1v) is 9.63. The number of para-hydroxylation sites is 1. The summed E-state index contributed by atoms with van der Waals surface area (Å²) in [5, 5.41) is 18.4. The number of hydrogen-bond acceptors (Lipinski definition) is 5. The van der Waals surface area contributed by atoms with Crippen LogP contribution < -0.4 is 16.3 Å². The monoisotopic (exact) mass is 439 g/mol. The number of halogens is 2. The summed E-state index contributed by atoms with van der Waals surface area (Å²) >= 11 is 12.1. The van der Waals surface area contributed by atoms with Crippen LogP contribution in [0.1, 0.15) is 10.4 Å². The summed E-state index contributed by atoms with van der Waals surface area (Å²) in [6, 6.07) is 20.0. The van der Waals surface area contributed by atoms with Crippen LogP contribution in [0.4, 0.5) is 11.4 Å². The summed E-state index contributed by atoms with van der Waals surface area (Å²) in [6.45, 7) is 0. The van der Waals surface area contributed by atoms with Crippen molar-refractivity contribution in [3.63, 3.8) is 0 Å². The minimum absolute atomic E-state index is 0.0348. The Kier molecular flexibility index (Phi) is 5.61. The van der Waals surface area contributed by atoms with E-state index in [4.69, 9.17) is 27.6 Å². The Morgan fingerprint density at radius 1 is 0.967 bits per heavy atom. The molecule has 0 unspecified atom stereocenters. The van der Waals surface area contributed by atoms with Crippen LogP contribution >= 0.6 is 23.2 Å². The largest absolute Gasteiger partial charge is 0.508 e. The second-order valence-electron chi connectivity index (χ2n) is 6.35. The lowest BCUT2D eigenvalue weighted by atomic mass is 10.1. The number of nitrogens with zero attached hydrogens (tertiary/aromatic N) is 1. The van der Waals surface area contributed by atoms with E-state index in [2.05, 4.69) is 15.8 Å². The molecular weight excluding hydrogens is 425 g/mol. The van der Waals surface area contributed by atoms with E-state index in [1.807, 2.05) is 0 Å². The van der Waals surface area contributed by atoms with Crippen molar-refractivity contribution in [2.45, 2.75) is 0 Å². The molecule has 6 nitrogen and oxygen atoms in total. The van der Waals surface area contributed by atoms with Crippen LogP contribution in [0.3, 0.4) is 0 Å². The predicted molar refractivity (Wildman–Crippen MR) is 118 cm³/mol. The minimum Gasteiger partial charge on any atom is -0.508 e. The number of benzene rings is 3. The zero-order valence-corrected chi connectivity index (χ0v) is 16.9. The first-order valence-electron chi connectivity index (χ1n) is 8.88. The molecule has 3 N–H and O–H groups in total. The Morgan fingerprint density at radius 3 is 2.50 bits per heavy atom. The average Bonchev–Trinajstić information content (AvgIpc) is 2.74. The molecule has 1 heterocycles. The Balaban J connectivity index is 1.77. The van der Waals surface area contributed by atoms with Crippen LogP contribution in [-0.2, 0) is 0 Å². The van der Waals surface area contributed by atoms with Crippen molar-refractivity contribution >= 4 is 51.5 Å². The van der Waals surface area contributed by atoms with Crippen molar-refractivity contribution < 1.29 is 14.3 Å². The van der Waals surface area contributed by atoms with Gasteiger partial charge < -0.3 is 14.8 Å². The molecule has 4 rings (SSSR count). The molecule has 0 saturated carbocycles. The van der Waals surface area contributed by atoms with Crippen molar-refractivity contribution in [3.05, 3.63) is 94.0 Å². The van der Waals surface area contributed by atoms with Gasteiger partial charge in [-0.25, -0.2) is 0 Å². The molecule has 1 amide bonds. The van der Waals surface area contributed by atoms with Gasteiger partial charge in [0.2, 0.25) is 5.55 Å². The molecule has 0 spiro atoms. The lowest BCUT2D eigenvalue weighted by molar-refractivity contribution is 0.102. The maximum absolute atomic E-state index is 13.0. The normalized spacial score (nSPS) is 11.5. The van der Waals surface area contributed by atoms with Crippen molar-refractivity contribution in [3.8, 4) is 5.75 Å². The molecular formula is C22H15Cl2N3O3.